The van der Waals surface area contributed by atoms with E-state index in [1.165, 1.54) is 21.5 Å². The Labute approximate surface area is 248 Å². The average molecular weight is 555 g/mol. The van der Waals surface area contributed by atoms with Gasteiger partial charge in [-0.25, -0.2) is 4.99 Å². The van der Waals surface area contributed by atoms with Crippen LogP contribution in [0.1, 0.15) is 24.1 Å². The molecule has 2 aliphatic heterocycles. The fourth-order valence-electron chi connectivity index (χ4n) is 6.69. The second-order valence-corrected chi connectivity index (χ2v) is 11.4. The summed E-state index contributed by atoms with van der Waals surface area (Å²) in [6, 6.07) is 42.1. The van der Waals surface area contributed by atoms with Gasteiger partial charge < -0.3 is 4.74 Å². The molecule has 0 saturated carbocycles. The van der Waals surface area contributed by atoms with Gasteiger partial charge >= 0.3 is 0 Å². The van der Waals surface area contributed by atoms with E-state index in [1.807, 2.05) is 18.3 Å². The molecule has 0 saturated heterocycles. The standard InChI is InChI=1S/C38H26N4O/c1-38-36(30-18-17-27(22-34(30)43-38)28-14-9-19-39-23-28)40-35(24-10-3-2-4-11-24)37(41-38)42-32-16-8-7-15-29(32)31-20-25-12-5-6-13-26(25)21-33(31)42/h2-23,36H,1H3. The minimum absolute atomic E-state index is 0.279. The molecule has 5 aromatic carbocycles. The van der Waals surface area contributed by atoms with Crippen molar-refractivity contribution in [3.8, 4) is 16.9 Å². The topological polar surface area (TPSA) is 51.8 Å². The van der Waals surface area contributed by atoms with Gasteiger partial charge in [0.1, 0.15) is 17.5 Å². The van der Waals surface area contributed by atoms with E-state index in [4.69, 9.17) is 14.7 Å². The maximum Gasteiger partial charge on any atom is 0.225 e. The van der Waals surface area contributed by atoms with E-state index < -0.39 is 5.72 Å². The van der Waals surface area contributed by atoms with Crippen molar-refractivity contribution in [2.45, 2.75) is 18.7 Å². The molecule has 204 valence electrons. The molecule has 0 aliphatic carbocycles. The Morgan fingerprint density at radius 2 is 1.44 bits per heavy atom. The predicted octanol–water partition coefficient (Wildman–Crippen LogP) is 8.61. The van der Waals surface area contributed by atoms with Crippen LogP contribution in [0.2, 0.25) is 0 Å². The molecule has 2 unspecified atom stereocenters. The van der Waals surface area contributed by atoms with E-state index in [1.54, 1.807) is 6.20 Å². The normalized spacial score (nSPS) is 19.1. The molecule has 0 radical (unpaired) electrons. The van der Waals surface area contributed by atoms with Crippen LogP contribution < -0.4 is 4.74 Å². The number of pyridine rings is 1. The van der Waals surface area contributed by atoms with Crippen molar-refractivity contribution < 1.29 is 4.74 Å². The maximum atomic E-state index is 6.74. The third-order valence-electron chi connectivity index (χ3n) is 8.72. The Hall–Kier alpha value is -5.55. The summed E-state index contributed by atoms with van der Waals surface area (Å²) in [5, 5.41) is 4.77. The van der Waals surface area contributed by atoms with Crippen molar-refractivity contribution in [2.24, 2.45) is 9.98 Å². The van der Waals surface area contributed by atoms with E-state index in [0.29, 0.717) is 0 Å². The third kappa shape index (κ3) is 3.61. The number of nitrogens with zero attached hydrogens (tertiary/aromatic N) is 4. The minimum Gasteiger partial charge on any atom is -0.463 e. The molecule has 2 atom stereocenters. The van der Waals surface area contributed by atoms with E-state index in [0.717, 1.165) is 50.6 Å². The molecule has 0 N–H and O–H groups in total. The molecular formula is C38H26N4O. The molecule has 5 nitrogen and oxygen atoms in total. The summed E-state index contributed by atoms with van der Waals surface area (Å²) in [5.74, 6) is 1.59. The first-order valence-electron chi connectivity index (χ1n) is 14.6. The van der Waals surface area contributed by atoms with Crippen LogP contribution in [-0.4, -0.2) is 26.8 Å². The van der Waals surface area contributed by atoms with Crippen LogP contribution in [0, 0.1) is 0 Å². The maximum absolute atomic E-state index is 6.74. The smallest absolute Gasteiger partial charge is 0.225 e. The summed E-state index contributed by atoms with van der Waals surface area (Å²) in [6.45, 7) is 2.05. The highest BCUT2D eigenvalue weighted by Gasteiger charge is 2.49. The summed E-state index contributed by atoms with van der Waals surface area (Å²) in [5.41, 5.74) is 6.30. The van der Waals surface area contributed by atoms with Crippen LogP contribution in [-0.2, 0) is 0 Å². The minimum atomic E-state index is -0.905. The quantitative estimate of drug-likeness (QED) is 0.215. The third-order valence-corrected chi connectivity index (χ3v) is 8.72. The monoisotopic (exact) mass is 554 g/mol. The van der Waals surface area contributed by atoms with Gasteiger partial charge in [0.05, 0.1) is 11.0 Å². The summed E-state index contributed by atoms with van der Waals surface area (Å²) in [7, 11) is 0. The Morgan fingerprint density at radius 3 is 2.28 bits per heavy atom. The highest BCUT2D eigenvalue weighted by atomic mass is 16.5. The zero-order chi connectivity index (χ0) is 28.5. The lowest BCUT2D eigenvalue weighted by atomic mass is 9.95. The molecule has 4 heterocycles. The number of para-hydroxylation sites is 1. The summed E-state index contributed by atoms with van der Waals surface area (Å²) >= 11 is 0. The fourth-order valence-corrected chi connectivity index (χ4v) is 6.69. The van der Waals surface area contributed by atoms with Crippen LogP contribution in [0.5, 0.6) is 5.75 Å². The van der Waals surface area contributed by atoms with Crippen molar-refractivity contribution in [2.75, 3.05) is 0 Å². The molecule has 2 aliphatic rings. The molecule has 43 heavy (non-hydrogen) atoms. The van der Waals surface area contributed by atoms with Crippen molar-refractivity contribution >= 4 is 44.1 Å². The van der Waals surface area contributed by atoms with Gasteiger partial charge in [0.15, 0.2) is 5.84 Å². The van der Waals surface area contributed by atoms with E-state index in [2.05, 4.69) is 126 Å². The van der Waals surface area contributed by atoms with Gasteiger partial charge in [-0.05, 0) is 53.6 Å². The highest BCUT2D eigenvalue weighted by Crippen LogP contribution is 2.50. The van der Waals surface area contributed by atoms with Gasteiger partial charge in [-0.1, -0.05) is 91.0 Å². The van der Waals surface area contributed by atoms with Crippen LogP contribution in [0.4, 0.5) is 0 Å². The number of ether oxygens (including phenoxy) is 1. The van der Waals surface area contributed by atoms with Gasteiger partial charge in [0.25, 0.3) is 0 Å². The van der Waals surface area contributed by atoms with Crippen LogP contribution >= 0.6 is 0 Å². The van der Waals surface area contributed by atoms with Crippen molar-refractivity contribution in [1.29, 1.82) is 0 Å². The van der Waals surface area contributed by atoms with Gasteiger partial charge in [-0.3, -0.25) is 14.5 Å². The summed E-state index contributed by atoms with van der Waals surface area (Å²) in [4.78, 5) is 15.3. The second-order valence-electron chi connectivity index (χ2n) is 11.4. The molecular weight excluding hydrogens is 528 g/mol. The molecule has 0 bridgehead atoms. The Balaban J connectivity index is 1.30. The molecule has 7 aromatic rings. The molecule has 5 heteroatoms. The first kappa shape index (κ1) is 24.1. The zero-order valence-corrected chi connectivity index (χ0v) is 23.5. The lowest BCUT2D eigenvalue weighted by Gasteiger charge is -2.31. The number of benzene rings is 5. The van der Waals surface area contributed by atoms with Gasteiger partial charge in [0.2, 0.25) is 5.72 Å². The van der Waals surface area contributed by atoms with Crippen LogP contribution in [0.3, 0.4) is 0 Å². The lowest BCUT2D eigenvalue weighted by Crippen LogP contribution is -2.41. The molecule has 9 rings (SSSR count). The SMILES string of the molecule is CC12N=C(n3c4ccccc4c4cc5ccccc5cc43)C(c3ccccc3)=NC1c1ccc(-c3cccnc3)cc1O2. The Bertz CT molecular complexity index is 2280. The number of rotatable bonds is 2. The first-order valence-corrected chi connectivity index (χ1v) is 14.6. The average Bonchev–Trinajstić information content (AvgIpc) is 3.53. The van der Waals surface area contributed by atoms with Crippen LogP contribution in [0.25, 0.3) is 43.7 Å². The molecule has 0 fully saturated rings. The Morgan fingerprint density at radius 1 is 0.674 bits per heavy atom. The van der Waals surface area contributed by atoms with E-state index in [-0.39, 0.29) is 6.04 Å². The fraction of sp³-hybridized carbons (Fsp3) is 0.0789. The number of hydrogen-bond donors (Lipinski definition) is 0. The predicted molar refractivity (Wildman–Crippen MR) is 174 cm³/mol. The molecule has 2 aromatic heterocycles. The van der Waals surface area contributed by atoms with E-state index in [9.17, 15) is 0 Å². The van der Waals surface area contributed by atoms with E-state index >= 15 is 0 Å². The Kier molecular flexibility index (Phi) is 5.03. The van der Waals surface area contributed by atoms with Crippen LogP contribution in [0.15, 0.2) is 144 Å². The largest absolute Gasteiger partial charge is 0.463 e. The van der Waals surface area contributed by atoms with Crippen molar-refractivity contribution in [3.63, 3.8) is 0 Å². The van der Waals surface area contributed by atoms with Crippen molar-refractivity contribution in [3.05, 3.63) is 145 Å². The lowest BCUT2D eigenvalue weighted by molar-refractivity contribution is 0.0998. The number of aliphatic imine (C=N–C) groups is 2. The van der Waals surface area contributed by atoms with Crippen molar-refractivity contribution in [1.82, 2.24) is 9.55 Å². The summed E-state index contributed by atoms with van der Waals surface area (Å²) in [6.07, 6.45) is 3.66. The number of fused-ring (bicyclic) bond motifs is 7. The highest BCUT2D eigenvalue weighted by molar-refractivity contribution is 6.50. The number of aromatic nitrogens is 2. The van der Waals surface area contributed by atoms with Gasteiger partial charge in [0, 0.05) is 39.9 Å². The zero-order valence-electron chi connectivity index (χ0n) is 23.5. The van der Waals surface area contributed by atoms with Gasteiger partial charge in [-0.15, -0.1) is 0 Å². The second kappa shape index (κ2) is 8.97. The molecule has 0 amide bonds. The molecule has 0 spiro atoms. The summed E-state index contributed by atoms with van der Waals surface area (Å²) < 4.78 is 9.01. The number of hydrogen-bond acceptors (Lipinski definition) is 4. The van der Waals surface area contributed by atoms with Gasteiger partial charge in [-0.2, -0.15) is 0 Å². The first-order chi connectivity index (χ1) is 21.2.